The van der Waals surface area contributed by atoms with Gasteiger partial charge in [0.05, 0.1) is 0 Å². The number of thiol groups is 2. The highest BCUT2D eigenvalue weighted by Crippen LogP contribution is 2.17. The number of hydrogen-bond donors (Lipinski definition) is 2. The van der Waals surface area contributed by atoms with Crippen molar-refractivity contribution in [3.63, 3.8) is 0 Å². The summed E-state index contributed by atoms with van der Waals surface area (Å²) in [7, 11) is 0. The van der Waals surface area contributed by atoms with Crippen molar-refractivity contribution in [1.29, 1.82) is 0 Å². The molecule has 0 bridgehead atoms. The highest BCUT2D eigenvalue weighted by Gasteiger charge is 1.90. The van der Waals surface area contributed by atoms with Gasteiger partial charge >= 0.3 is 0 Å². The van der Waals surface area contributed by atoms with Crippen LogP contribution in [0.25, 0.3) is 4.91 Å². The molecule has 0 aliphatic rings. The third-order valence-corrected chi connectivity index (χ3v) is 2.04. The van der Waals surface area contributed by atoms with Crippen LogP contribution in [0.15, 0.2) is 35.7 Å². The molecule has 0 atom stereocenters. The van der Waals surface area contributed by atoms with Crippen molar-refractivity contribution in [2.75, 3.05) is 0 Å². The molecule has 0 fully saturated rings. The largest absolute Gasteiger partial charge is 0.150 e. The minimum atomic E-state index is 0.893. The monoisotopic (exact) mass is 168 g/mol. The Morgan fingerprint density at radius 1 is 1.20 bits per heavy atom. The summed E-state index contributed by atoms with van der Waals surface area (Å²) < 4.78 is 0. The first kappa shape index (κ1) is 7.76. The van der Waals surface area contributed by atoms with Gasteiger partial charge in [0.2, 0.25) is 0 Å². The van der Waals surface area contributed by atoms with Gasteiger partial charge in [-0.3, -0.25) is 0 Å². The molecule has 10 heavy (non-hydrogen) atoms. The van der Waals surface area contributed by atoms with Gasteiger partial charge in [-0.05, 0) is 11.0 Å². The third kappa shape index (κ3) is 1.82. The van der Waals surface area contributed by atoms with Crippen LogP contribution in [0.2, 0.25) is 0 Å². The van der Waals surface area contributed by atoms with Crippen LogP contribution in [0, 0.1) is 0 Å². The van der Waals surface area contributed by atoms with Crippen LogP contribution < -0.4 is 0 Å². The van der Waals surface area contributed by atoms with Crippen molar-refractivity contribution in [2.24, 2.45) is 0 Å². The van der Waals surface area contributed by atoms with Gasteiger partial charge in [0.15, 0.2) is 0 Å². The van der Waals surface area contributed by atoms with Crippen molar-refractivity contribution in [3.05, 3.63) is 41.3 Å². The van der Waals surface area contributed by atoms with Gasteiger partial charge < -0.3 is 0 Å². The second kappa shape index (κ2) is 3.74. The molecular formula is C8H8S2. The van der Waals surface area contributed by atoms with Gasteiger partial charge in [0.1, 0.15) is 0 Å². The smallest absolute Gasteiger partial charge is 0.0173 e. The standard InChI is InChI=1S/C8H8S2/c9-6-8(10)7-4-2-1-3-5-7/h1-6,9-10H. The SMILES string of the molecule is SC=C(S)c1ccccc1. The fourth-order valence-electron chi connectivity index (χ4n) is 0.683. The molecule has 0 N–H and O–H groups in total. The Bertz CT molecular complexity index is 226. The van der Waals surface area contributed by atoms with Crippen LogP contribution in [-0.2, 0) is 0 Å². The molecule has 52 valence electrons. The molecule has 1 rings (SSSR count). The Morgan fingerprint density at radius 3 is 2.30 bits per heavy atom. The highest BCUT2D eigenvalue weighted by atomic mass is 32.1. The maximum Gasteiger partial charge on any atom is 0.0173 e. The highest BCUT2D eigenvalue weighted by molar-refractivity contribution is 7.92. The van der Waals surface area contributed by atoms with Crippen molar-refractivity contribution in [1.82, 2.24) is 0 Å². The normalized spacial score (nSPS) is 11.6. The first-order valence-corrected chi connectivity index (χ1v) is 3.89. The van der Waals surface area contributed by atoms with Gasteiger partial charge in [-0.1, -0.05) is 30.3 Å². The van der Waals surface area contributed by atoms with E-state index in [9.17, 15) is 0 Å². The summed E-state index contributed by atoms with van der Waals surface area (Å²) in [5.41, 5.74) is 1.10. The van der Waals surface area contributed by atoms with Crippen LogP contribution in [0.1, 0.15) is 5.56 Å². The minimum absolute atomic E-state index is 0.893. The topological polar surface area (TPSA) is 0 Å². The Labute approximate surface area is 71.8 Å². The lowest BCUT2D eigenvalue weighted by atomic mass is 10.2. The van der Waals surface area contributed by atoms with Crippen LogP contribution in [0.5, 0.6) is 0 Å². The fraction of sp³-hybridized carbons (Fsp3) is 0. The average Bonchev–Trinajstić information content (AvgIpc) is 2.05. The molecule has 0 aliphatic carbocycles. The summed E-state index contributed by atoms with van der Waals surface area (Å²) in [6.07, 6.45) is 0. The molecule has 0 unspecified atom stereocenters. The van der Waals surface area contributed by atoms with Crippen LogP contribution in [0.3, 0.4) is 0 Å². The molecule has 0 saturated carbocycles. The predicted molar refractivity (Wildman–Crippen MR) is 52.4 cm³/mol. The van der Waals surface area contributed by atoms with E-state index in [0.29, 0.717) is 0 Å². The quantitative estimate of drug-likeness (QED) is 0.592. The van der Waals surface area contributed by atoms with E-state index in [0.717, 1.165) is 10.5 Å². The van der Waals surface area contributed by atoms with Gasteiger partial charge in [-0.15, -0.1) is 12.6 Å². The summed E-state index contributed by atoms with van der Waals surface area (Å²) in [5, 5.41) is 1.68. The molecule has 0 saturated heterocycles. The maximum absolute atomic E-state index is 4.20. The lowest BCUT2D eigenvalue weighted by Crippen LogP contribution is -1.71. The Kier molecular flexibility index (Phi) is 2.90. The van der Waals surface area contributed by atoms with Gasteiger partial charge in [-0.25, -0.2) is 0 Å². The molecule has 0 nitrogen and oxygen atoms in total. The molecule has 0 heterocycles. The summed E-state index contributed by atoms with van der Waals surface area (Å²) in [6.45, 7) is 0. The fourth-order valence-corrected chi connectivity index (χ4v) is 0.982. The molecule has 0 aromatic heterocycles. The van der Waals surface area contributed by atoms with E-state index < -0.39 is 0 Å². The number of benzene rings is 1. The zero-order chi connectivity index (χ0) is 7.40. The lowest BCUT2D eigenvalue weighted by molar-refractivity contribution is 1.66. The van der Waals surface area contributed by atoms with Gasteiger partial charge in [-0.2, -0.15) is 12.6 Å². The molecule has 0 amide bonds. The maximum atomic E-state index is 4.20. The van der Waals surface area contributed by atoms with E-state index in [1.165, 1.54) is 0 Å². The van der Waals surface area contributed by atoms with Crippen LogP contribution in [-0.4, -0.2) is 0 Å². The second-order valence-electron chi connectivity index (χ2n) is 1.88. The number of hydrogen-bond acceptors (Lipinski definition) is 2. The van der Waals surface area contributed by atoms with E-state index in [-0.39, 0.29) is 0 Å². The molecular weight excluding hydrogens is 160 g/mol. The first-order chi connectivity index (χ1) is 4.84. The van der Waals surface area contributed by atoms with Gasteiger partial charge in [0.25, 0.3) is 0 Å². The molecule has 0 spiro atoms. The van der Waals surface area contributed by atoms with Crippen LogP contribution >= 0.6 is 25.3 Å². The Morgan fingerprint density at radius 2 is 1.80 bits per heavy atom. The number of rotatable bonds is 1. The summed E-state index contributed by atoms with van der Waals surface area (Å²) in [4.78, 5) is 0.893. The minimum Gasteiger partial charge on any atom is -0.150 e. The third-order valence-electron chi connectivity index (χ3n) is 1.19. The summed E-state index contributed by atoms with van der Waals surface area (Å²) in [5.74, 6) is 0. The van der Waals surface area contributed by atoms with Gasteiger partial charge in [0, 0.05) is 4.91 Å². The second-order valence-corrected chi connectivity index (χ2v) is 2.62. The van der Waals surface area contributed by atoms with E-state index in [1.54, 1.807) is 5.41 Å². The van der Waals surface area contributed by atoms with Crippen molar-refractivity contribution >= 4 is 30.2 Å². The molecule has 0 aliphatic heterocycles. The van der Waals surface area contributed by atoms with E-state index >= 15 is 0 Å². The Hall–Kier alpha value is -0.340. The molecule has 0 radical (unpaired) electrons. The summed E-state index contributed by atoms with van der Waals surface area (Å²) >= 11 is 8.19. The lowest BCUT2D eigenvalue weighted by Gasteiger charge is -1.95. The van der Waals surface area contributed by atoms with Crippen molar-refractivity contribution in [3.8, 4) is 0 Å². The van der Waals surface area contributed by atoms with E-state index in [2.05, 4.69) is 25.3 Å². The zero-order valence-electron chi connectivity index (χ0n) is 5.36. The van der Waals surface area contributed by atoms with E-state index in [1.807, 2.05) is 30.3 Å². The van der Waals surface area contributed by atoms with Crippen LogP contribution in [0.4, 0.5) is 0 Å². The van der Waals surface area contributed by atoms with Crippen molar-refractivity contribution < 1.29 is 0 Å². The molecule has 2 heteroatoms. The van der Waals surface area contributed by atoms with E-state index in [4.69, 9.17) is 0 Å². The Balaban J connectivity index is 2.96. The zero-order valence-corrected chi connectivity index (χ0v) is 7.15. The molecule has 1 aromatic carbocycles. The van der Waals surface area contributed by atoms with Crippen molar-refractivity contribution in [2.45, 2.75) is 0 Å². The summed E-state index contributed by atoms with van der Waals surface area (Å²) in [6, 6.07) is 9.92. The predicted octanol–water partition coefficient (Wildman–Crippen LogP) is 2.84. The molecule has 1 aromatic rings. The first-order valence-electron chi connectivity index (χ1n) is 2.93. The average molecular weight is 168 g/mol.